The molecule has 0 aliphatic heterocycles. The third kappa shape index (κ3) is 2.28. The molecule has 0 aliphatic rings. The number of fused-ring (bicyclic) bond motifs is 1. The van der Waals surface area contributed by atoms with Crippen LogP contribution in [0.5, 0.6) is 5.75 Å². The molecule has 2 aromatic heterocycles. The molecule has 2 N–H and O–H groups in total. The number of rotatable bonds is 2. The number of halogens is 1. The van der Waals surface area contributed by atoms with E-state index in [0.717, 1.165) is 0 Å². The van der Waals surface area contributed by atoms with Gasteiger partial charge in [-0.25, -0.2) is 9.50 Å². The summed E-state index contributed by atoms with van der Waals surface area (Å²) in [7, 11) is 0. The third-order valence-corrected chi connectivity index (χ3v) is 2.91. The van der Waals surface area contributed by atoms with E-state index in [-0.39, 0.29) is 17.1 Å². The van der Waals surface area contributed by atoms with Crippen molar-refractivity contribution in [3.63, 3.8) is 0 Å². The molecule has 0 aliphatic carbocycles. The van der Waals surface area contributed by atoms with Gasteiger partial charge in [-0.1, -0.05) is 11.6 Å². The van der Waals surface area contributed by atoms with Crippen molar-refractivity contribution in [3.05, 3.63) is 53.4 Å². The monoisotopic (exact) mass is 288 g/mol. The minimum absolute atomic E-state index is 0.0651. The summed E-state index contributed by atoms with van der Waals surface area (Å²) in [4.78, 5) is 16.2. The lowest BCUT2D eigenvalue weighted by atomic mass is 10.3. The highest BCUT2D eigenvalue weighted by Crippen LogP contribution is 2.26. The second kappa shape index (κ2) is 4.82. The first-order valence-corrected chi connectivity index (χ1v) is 6.11. The van der Waals surface area contributed by atoms with Crippen LogP contribution in [0.2, 0.25) is 5.02 Å². The summed E-state index contributed by atoms with van der Waals surface area (Å²) in [5, 5.41) is 16.7. The van der Waals surface area contributed by atoms with E-state index in [1.165, 1.54) is 22.7 Å². The number of aromatic hydroxyl groups is 1. The second-order valence-electron chi connectivity index (χ2n) is 4.07. The van der Waals surface area contributed by atoms with Gasteiger partial charge in [0.05, 0.1) is 5.69 Å². The minimum atomic E-state index is -0.451. The Labute approximate surface area is 118 Å². The van der Waals surface area contributed by atoms with Crippen LogP contribution in [0.15, 0.2) is 42.7 Å². The Balaban J connectivity index is 1.90. The maximum absolute atomic E-state index is 12.1. The quantitative estimate of drug-likeness (QED) is 0.709. The van der Waals surface area contributed by atoms with Crippen LogP contribution in [-0.2, 0) is 0 Å². The lowest BCUT2D eigenvalue weighted by molar-refractivity contribution is 0.102. The van der Waals surface area contributed by atoms with Gasteiger partial charge < -0.3 is 10.4 Å². The number of carbonyl (C=O) groups excluding carboxylic acids is 1. The zero-order chi connectivity index (χ0) is 14.1. The summed E-state index contributed by atoms with van der Waals surface area (Å²) in [6, 6.07) is 7.66. The molecule has 0 fully saturated rings. The van der Waals surface area contributed by atoms with Gasteiger partial charge in [0.25, 0.3) is 5.91 Å². The number of hydrogen-bond donors (Lipinski definition) is 2. The third-order valence-electron chi connectivity index (χ3n) is 2.68. The largest absolute Gasteiger partial charge is 0.506 e. The predicted octanol–water partition coefficient (Wildman–Crippen LogP) is 2.34. The molecule has 0 atom stereocenters. The van der Waals surface area contributed by atoms with Crippen LogP contribution >= 0.6 is 11.6 Å². The summed E-state index contributed by atoms with van der Waals surface area (Å²) in [6.07, 6.45) is 3.30. The summed E-state index contributed by atoms with van der Waals surface area (Å²) in [5.41, 5.74) is 0.989. The molecule has 1 amide bonds. The van der Waals surface area contributed by atoms with Crippen molar-refractivity contribution in [2.75, 3.05) is 5.32 Å². The molecule has 100 valence electrons. The van der Waals surface area contributed by atoms with Gasteiger partial charge in [-0.2, -0.15) is 5.10 Å². The SMILES string of the molecule is O=C(Nc1cc(Cl)ccc1O)c1cc2ncccn2n1. The molecule has 3 rings (SSSR count). The Morgan fingerprint density at radius 2 is 2.20 bits per heavy atom. The second-order valence-corrected chi connectivity index (χ2v) is 4.50. The van der Waals surface area contributed by atoms with E-state index in [4.69, 9.17) is 11.6 Å². The fourth-order valence-corrected chi connectivity index (χ4v) is 1.91. The topological polar surface area (TPSA) is 79.5 Å². The van der Waals surface area contributed by atoms with Crippen LogP contribution in [-0.4, -0.2) is 25.6 Å². The highest BCUT2D eigenvalue weighted by atomic mass is 35.5. The fraction of sp³-hybridized carbons (Fsp3) is 0. The molecule has 0 saturated heterocycles. The Kier molecular flexibility index (Phi) is 3.00. The van der Waals surface area contributed by atoms with Crippen LogP contribution in [0.25, 0.3) is 5.65 Å². The molecule has 0 radical (unpaired) electrons. The first kappa shape index (κ1) is 12.4. The molecule has 20 heavy (non-hydrogen) atoms. The van der Waals surface area contributed by atoms with Gasteiger partial charge in [-0.3, -0.25) is 4.79 Å². The first-order chi connectivity index (χ1) is 9.63. The molecule has 1 aromatic carbocycles. The van der Waals surface area contributed by atoms with Crippen molar-refractivity contribution in [2.45, 2.75) is 0 Å². The zero-order valence-electron chi connectivity index (χ0n) is 10.1. The van der Waals surface area contributed by atoms with Gasteiger partial charge in [0, 0.05) is 23.5 Å². The van der Waals surface area contributed by atoms with Gasteiger partial charge in [0.2, 0.25) is 0 Å². The Morgan fingerprint density at radius 3 is 3.00 bits per heavy atom. The number of phenols is 1. The van der Waals surface area contributed by atoms with Crippen LogP contribution in [0, 0.1) is 0 Å². The molecule has 3 aromatic rings. The fourth-order valence-electron chi connectivity index (χ4n) is 1.74. The molecular weight excluding hydrogens is 280 g/mol. The maximum atomic E-state index is 12.1. The van der Waals surface area contributed by atoms with Crippen LogP contribution in [0.1, 0.15) is 10.5 Å². The van der Waals surface area contributed by atoms with Gasteiger partial charge in [-0.15, -0.1) is 0 Å². The smallest absolute Gasteiger partial charge is 0.276 e. The number of aromatic nitrogens is 3. The molecule has 0 unspecified atom stereocenters. The van der Waals surface area contributed by atoms with Gasteiger partial charge in [0.1, 0.15) is 5.75 Å². The number of anilines is 1. The Morgan fingerprint density at radius 1 is 1.35 bits per heavy atom. The van der Waals surface area contributed by atoms with Gasteiger partial charge in [0.15, 0.2) is 11.3 Å². The number of nitrogens with zero attached hydrogens (tertiary/aromatic N) is 3. The highest BCUT2D eigenvalue weighted by molar-refractivity contribution is 6.31. The Bertz CT molecular complexity index is 767. The standard InChI is InChI=1S/C13H9ClN4O2/c14-8-2-3-11(19)9(6-8)16-13(20)10-7-12-15-4-1-5-18(12)17-10/h1-7,19H,(H,16,20). The molecule has 7 heteroatoms. The van der Waals surface area contributed by atoms with Crippen LogP contribution in [0.3, 0.4) is 0 Å². The number of benzene rings is 1. The van der Waals surface area contributed by atoms with E-state index in [1.54, 1.807) is 24.5 Å². The van der Waals surface area contributed by atoms with E-state index in [1.807, 2.05) is 0 Å². The summed E-state index contributed by atoms with van der Waals surface area (Å²) >= 11 is 5.82. The van der Waals surface area contributed by atoms with Crippen molar-refractivity contribution in [1.29, 1.82) is 0 Å². The van der Waals surface area contributed by atoms with E-state index < -0.39 is 5.91 Å². The minimum Gasteiger partial charge on any atom is -0.506 e. The molecule has 0 spiro atoms. The number of nitrogens with one attached hydrogen (secondary N) is 1. The van der Waals surface area contributed by atoms with Gasteiger partial charge >= 0.3 is 0 Å². The van der Waals surface area contributed by atoms with E-state index in [9.17, 15) is 9.90 Å². The Hall–Kier alpha value is -2.60. The number of amides is 1. The van der Waals surface area contributed by atoms with E-state index in [0.29, 0.717) is 10.7 Å². The first-order valence-electron chi connectivity index (χ1n) is 5.74. The molecule has 0 saturated carbocycles. The lowest BCUT2D eigenvalue weighted by Crippen LogP contribution is -2.12. The predicted molar refractivity (Wildman–Crippen MR) is 74.1 cm³/mol. The summed E-state index contributed by atoms with van der Waals surface area (Å²) in [5.74, 6) is -0.516. The molecule has 0 bridgehead atoms. The van der Waals surface area contributed by atoms with Crippen molar-refractivity contribution in [3.8, 4) is 5.75 Å². The highest BCUT2D eigenvalue weighted by Gasteiger charge is 2.13. The van der Waals surface area contributed by atoms with Crippen LogP contribution < -0.4 is 5.32 Å². The normalized spacial score (nSPS) is 10.7. The van der Waals surface area contributed by atoms with Crippen molar-refractivity contribution in [2.24, 2.45) is 0 Å². The van der Waals surface area contributed by atoms with Gasteiger partial charge in [-0.05, 0) is 24.3 Å². The summed E-state index contributed by atoms with van der Waals surface area (Å²) < 4.78 is 1.49. The number of hydrogen-bond acceptors (Lipinski definition) is 4. The average molecular weight is 289 g/mol. The van der Waals surface area contributed by atoms with E-state index >= 15 is 0 Å². The zero-order valence-corrected chi connectivity index (χ0v) is 10.9. The maximum Gasteiger partial charge on any atom is 0.276 e. The number of carbonyl (C=O) groups is 1. The lowest BCUT2D eigenvalue weighted by Gasteiger charge is -2.05. The average Bonchev–Trinajstić information content (AvgIpc) is 2.87. The van der Waals surface area contributed by atoms with Crippen molar-refractivity contribution < 1.29 is 9.90 Å². The molecule has 6 nitrogen and oxygen atoms in total. The van der Waals surface area contributed by atoms with E-state index in [2.05, 4.69) is 15.4 Å². The molecular formula is C13H9ClN4O2. The number of phenolic OH excluding ortho intramolecular Hbond substituents is 1. The van der Waals surface area contributed by atoms with Crippen molar-refractivity contribution in [1.82, 2.24) is 14.6 Å². The summed E-state index contributed by atoms with van der Waals surface area (Å²) in [6.45, 7) is 0. The molecule has 2 heterocycles. The van der Waals surface area contributed by atoms with Crippen molar-refractivity contribution >= 4 is 28.8 Å². The van der Waals surface area contributed by atoms with Crippen LogP contribution in [0.4, 0.5) is 5.69 Å².